The smallest absolute Gasteiger partial charge is 0.115 e. The first-order chi connectivity index (χ1) is 2.50. The fourth-order valence-corrected chi connectivity index (χ4v) is 0.192. The molecular formula is C3H3CoFeN2. The van der Waals surface area contributed by atoms with Crippen LogP contribution in [0.4, 0.5) is 0 Å². The van der Waals surface area contributed by atoms with Crippen LogP contribution in [0.5, 0.6) is 0 Å². The Kier molecular flexibility index (Phi) is 9.14. The molecule has 0 aromatic rings. The Morgan fingerprint density at radius 2 is 1.86 bits per heavy atom. The van der Waals surface area contributed by atoms with Crippen molar-refractivity contribution in [2.45, 2.75) is 0 Å². The summed E-state index contributed by atoms with van der Waals surface area (Å²) in [5.74, 6) is 0. The van der Waals surface area contributed by atoms with Gasteiger partial charge in [0.15, 0.2) is 0 Å². The quantitative estimate of drug-likeness (QED) is 0.475. The van der Waals surface area contributed by atoms with Gasteiger partial charge in [0, 0.05) is 46.2 Å². The minimum absolute atomic E-state index is 0. The molecule has 0 aromatic carbocycles. The first-order valence-electron chi connectivity index (χ1n) is 1.37. The standard InChI is InChI=1S/C3H3N2.Co.Fe/c1-2-5-3-4-1;;/h1-3H;;. The van der Waals surface area contributed by atoms with E-state index in [9.17, 15) is 0 Å². The van der Waals surface area contributed by atoms with Crippen molar-refractivity contribution in [3.05, 3.63) is 12.4 Å². The Bertz CT molecular complexity index is 71.0. The molecule has 0 atom stereocenters. The van der Waals surface area contributed by atoms with Crippen LogP contribution < -0.4 is 5.32 Å². The number of hydrogen-bond donors (Lipinski definition) is 0. The molecule has 0 spiro atoms. The van der Waals surface area contributed by atoms with E-state index in [4.69, 9.17) is 0 Å². The van der Waals surface area contributed by atoms with Crippen LogP contribution in [0.15, 0.2) is 17.4 Å². The monoisotopic (exact) mass is 182 g/mol. The molecule has 1 rings (SSSR count). The van der Waals surface area contributed by atoms with Crippen molar-refractivity contribution in [3.63, 3.8) is 0 Å². The molecule has 1 aliphatic rings. The largest absolute Gasteiger partial charge is 0.243 e. The first kappa shape index (κ1) is 10.3. The van der Waals surface area contributed by atoms with E-state index in [1.807, 2.05) is 0 Å². The maximum Gasteiger partial charge on any atom is 0.115 e. The molecule has 0 aromatic heterocycles. The Morgan fingerprint density at radius 3 is 2.00 bits per heavy atom. The van der Waals surface area contributed by atoms with E-state index in [0.717, 1.165) is 0 Å². The fraction of sp³-hybridized carbons (Fsp3) is 0. The van der Waals surface area contributed by atoms with Crippen molar-refractivity contribution in [1.82, 2.24) is 5.32 Å². The van der Waals surface area contributed by atoms with E-state index < -0.39 is 0 Å². The van der Waals surface area contributed by atoms with Crippen LogP contribution in [-0.4, -0.2) is 6.34 Å². The summed E-state index contributed by atoms with van der Waals surface area (Å²) in [6, 6.07) is 0. The molecule has 1 heterocycles. The van der Waals surface area contributed by atoms with Gasteiger partial charge in [0.1, 0.15) is 6.34 Å². The molecular weight excluding hydrogens is 179 g/mol. The number of hydrogen-bond acceptors (Lipinski definition) is 1. The molecule has 0 bridgehead atoms. The number of aliphatic imine (C=N–C) groups is 1. The van der Waals surface area contributed by atoms with Crippen molar-refractivity contribution < 1.29 is 33.8 Å². The maximum atomic E-state index is 3.61. The van der Waals surface area contributed by atoms with E-state index in [1.54, 1.807) is 12.4 Å². The Labute approximate surface area is 63.1 Å². The third kappa shape index (κ3) is 4.08. The van der Waals surface area contributed by atoms with E-state index in [1.165, 1.54) is 6.34 Å². The van der Waals surface area contributed by atoms with Crippen molar-refractivity contribution in [2.24, 2.45) is 4.99 Å². The molecule has 0 fully saturated rings. The van der Waals surface area contributed by atoms with Gasteiger partial charge in [0.25, 0.3) is 0 Å². The third-order valence-corrected chi connectivity index (χ3v) is 0.372. The summed E-state index contributed by atoms with van der Waals surface area (Å²) in [7, 11) is 0. The van der Waals surface area contributed by atoms with Gasteiger partial charge < -0.3 is 0 Å². The zero-order valence-corrected chi connectivity index (χ0v) is 5.46. The SMILES string of the molecule is C1=CN=C[N]1.[Co].[Fe]. The van der Waals surface area contributed by atoms with Gasteiger partial charge in [-0.2, -0.15) is 0 Å². The van der Waals surface area contributed by atoms with Crippen molar-refractivity contribution in [3.8, 4) is 0 Å². The van der Waals surface area contributed by atoms with Gasteiger partial charge in [-0.3, -0.25) is 0 Å². The maximum absolute atomic E-state index is 3.61. The second-order valence-electron chi connectivity index (χ2n) is 0.712. The number of rotatable bonds is 0. The summed E-state index contributed by atoms with van der Waals surface area (Å²) in [5.41, 5.74) is 0. The summed E-state index contributed by atoms with van der Waals surface area (Å²) >= 11 is 0. The Morgan fingerprint density at radius 1 is 1.14 bits per heavy atom. The van der Waals surface area contributed by atoms with Crippen molar-refractivity contribution in [2.75, 3.05) is 0 Å². The Hall–Kier alpha value is 0.236. The van der Waals surface area contributed by atoms with Crippen LogP contribution in [0.1, 0.15) is 0 Å². The normalized spacial score (nSPS) is 11.4. The van der Waals surface area contributed by atoms with Crippen LogP contribution >= 0.6 is 0 Å². The molecule has 0 N–H and O–H groups in total. The van der Waals surface area contributed by atoms with Gasteiger partial charge in [-0.05, 0) is 0 Å². The molecule has 0 amide bonds. The van der Waals surface area contributed by atoms with Crippen LogP contribution in [-0.2, 0) is 33.8 Å². The molecule has 7 heavy (non-hydrogen) atoms. The van der Waals surface area contributed by atoms with Gasteiger partial charge in [-0.15, -0.1) is 0 Å². The average Bonchev–Trinajstić information content (AvgIpc) is 1.76. The second kappa shape index (κ2) is 6.24. The Balaban J connectivity index is 0. The fourth-order valence-electron chi connectivity index (χ4n) is 0.192. The third-order valence-electron chi connectivity index (χ3n) is 0.372. The van der Waals surface area contributed by atoms with Gasteiger partial charge in [0.2, 0.25) is 0 Å². The van der Waals surface area contributed by atoms with E-state index in [-0.39, 0.29) is 33.8 Å². The van der Waals surface area contributed by atoms with Crippen LogP contribution in [0.2, 0.25) is 0 Å². The van der Waals surface area contributed by atoms with E-state index in [0.29, 0.717) is 0 Å². The second-order valence-corrected chi connectivity index (χ2v) is 0.712. The number of nitrogens with zero attached hydrogens (tertiary/aromatic N) is 2. The van der Waals surface area contributed by atoms with Crippen molar-refractivity contribution in [1.29, 1.82) is 0 Å². The molecule has 0 saturated carbocycles. The molecule has 4 heteroatoms. The summed E-state index contributed by atoms with van der Waals surface area (Å²) in [6.45, 7) is 0. The molecule has 0 saturated heterocycles. The molecule has 0 unspecified atom stereocenters. The summed E-state index contributed by atoms with van der Waals surface area (Å²) in [6.07, 6.45) is 4.78. The van der Waals surface area contributed by atoms with Crippen LogP contribution in [0, 0.1) is 0 Å². The van der Waals surface area contributed by atoms with Crippen LogP contribution in [0.25, 0.3) is 0 Å². The summed E-state index contributed by atoms with van der Waals surface area (Å²) in [4.78, 5) is 3.61. The van der Waals surface area contributed by atoms with Gasteiger partial charge in [0.05, 0.1) is 0 Å². The predicted octanol–water partition coefficient (Wildman–Crippen LogP) is 0.0989. The van der Waals surface area contributed by atoms with Crippen molar-refractivity contribution >= 4 is 6.34 Å². The van der Waals surface area contributed by atoms with Gasteiger partial charge in [-0.25, -0.2) is 10.3 Å². The minimum Gasteiger partial charge on any atom is -0.243 e. The molecule has 2 nitrogen and oxygen atoms in total. The van der Waals surface area contributed by atoms with E-state index >= 15 is 0 Å². The predicted molar refractivity (Wildman–Crippen MR) is 19.8 cm³/mol. The molecule has 2 radical (unpaired) electrons. The summed E-state index contributed by atoms with van der Waals surface area (Å²) < 4.78 is 0. The molecule has 0 aliphatic carbocycles. The molecule has 42 valence electrons. The zero-order valence-electron chi connectivity index (χ0n) is 3.31. The first-order valence-corrected chi connectivity index (χ1v) is 1.37. The van der Waals surface area contributed by atoms with Crippen LogP contribution in [0.3, 0.4) is 0 Å². The molecule has 1 aliphatic heterocycles. The van der Waals surface area contributed by atoms with Gasteiger partial charge in [-0.1, -0.05) is 0 Å². The zero-order chi connectivity index (χ0) is 3.54. The van der Waals surface area contributed by atoms with E-state index in [2.05, 4.69) is 10.3 Å². The van der Waals surface area contributed by atoms with Gasteiger partial charge >= 0.3 is 0 Å². The topological polar surface area (TPSA) is 26.5 Å². The minimum atomic E-state index is 0. The average molecular weight is 182 g/mol. The summed E-state index contributed by atoms with van der Waals surface area (Å²) in [5, 5.41) is 3.61.